The highest BCUT2D eigenvalue weighted by atomic mass is 16.7. The van der Waals surface area contributed by atoms with E-state index in [0.29, 0.717) is 17.1 Å². The van der Waals surface area contributed by atoms with Crippen LogP contribution in [0.1, 0.15) is 11.7 Å². The molecule has 0 aromatic heterocycles. The van der Waals surface area contributed by atoms with Crippen LogP contribution in [0.4, 0.5) is 0 Å². The lowest BCUT2D eigenvalue weighted by atomic mass is 10.1. The van der Waals surface area contributed by atoms with Crippen LogP contribution in [0.25, 0.3) is 0 Å². The lowest BCUT2D eigenvalue weighted by Crippen LogP contribution is -2.19. The van der Waals surface area contributed by atoms with Crippen LogP contribution < -0.4 is 15.2 Å². The predicted octanol–water partition coefficient (Wildman–Crippen LogP) is 0.385. The third kappa shape index (κ3) is 1.38. The van der Waals surface area contributed by atoms with Gasteiger partial charge in [0.2, 0.25) is 6.79 Å². The molecule has 14 heavy (non-hydrogen) atoms. The maximum Gasteiger partial charge on any atom is 0.231 e. The number of fused-ring (bicyclic) bond motifs is 1. The fourth-order valence-corrected chi connectivity index (χ4v) is 1.26. The largest absolute Gasteiger partial charge is 0.454 e. The molecule has 0 bridgehead atoms. The second-order valence-electron chi connectivity index (χ2n) is 2.97. The molecule has 1 atom stereocenters. The van der Waals surface area contributed by atoms with E-state index in [-0.39, 0.29) is 12.6 Å². The zero-order chi connectivity index (χ0) is 10.1. The molecule has 0 aliphatic carbocycles. The molecular formula is C9H10N2O3. The van der Waals surface area contributed by atoms with Gasteiger partial charge in [0.25, 0.3) is 0 Å². The summed E-state index contributed by atoms with van der Waals surface area (Å²) in [5, 5.41) is 16.6. The standard InChI is InChI=1S/C9H10N2O3/c10-9(11)8(12)5-1-2-6-7(3-5)14-4-13-6/h1-3,8,12H,4H2,(H3,10,11). The fourth-order valence-electron chi connectivity index (χ4n) is 1.26. The van der Waals surface area contributed by atoms with Gasteiger partial charge in [-0.25, -0.2) is 0 Å². The molecule has 5 nitrogen and oxygen atoms in total. The monoisotopic (exact) mass is 194 g/mol. The second kappa shape index (κ2) is 3.19. The molecule has 0 saturated heterocycles. The van der Waals surface area contributed by atoms with Crippen LogP contribution in [0.3, 0.4) is 0 Å². The Labute approximate surface area is 80.6 Å². The highest BCUT2D eigenvalue weighted by Gasteiger charge is 2.17. The summed E-state index contributed by atoms with van der Waals surface area (Å²) in [5.41, 5.74) is 5.70. The fraction of sp³-hybridized carbons (Fsp3) is 0.222. The number of amidine groups is 1. The van der Waals surface area contributed by atoms with Crippen LogP contribution in [0.5, 0.6) is 11.5 Å². The summed E-state index contributed by atoms with van der Waals surface area (Å²) in [6.45, 7) is 0.189. The number of aliphatic hydroxyl groups is 1. The van der Waals surface area contributed by atoms with Crippen molar-refractivity contribution in [2.45, 2.75) is 6.10 Å². The summed E-state index contributed by atoms with van der Waals surface area (Å²) in [5.74, 6) is 0.927. The van der Waals surface area contributed by atoms with E-state index in [9.17, 15) is 5.11 Å². The zero-order valence-electron chi connectivity index (χ0n) is 7.36. The molecule has 1 aliphatic heterocycles. The lowest BCUT2D eigenvalue weighted by Gasteiger charge is -2.08. The number of hydrogen-bond donors (Lipinski definition) is 3. The Morgan fingerprint density at radius 1 is 1.43 bits per heavy atom. The summed E-state index contributed by atoms with van der Waals surface area (Å²) < 4.78 is 10.2. The van der Waals surface area contributed by atoms with E-state index in [1.54, 1.807) is 18.2 Å². The predicted molar refractivity (Wildman–Crippen MR) is 49.4 cm³/mol. The Kier molecular flexibility index (Phi) is 2.01. The maximum absolute atomic E-state index is 9.48. The molecule has 2 rings (SSSR count). The first-order valence-corrected chi connectivity index (χ1v) is 4.10. The van der Waals surface area contributed by atoms with Crippen molar-refractivity contribution in [2.24, 2.45) is 5.73 Å². The van der Waals surface area contributed by atoms with Crippen molar-refractivity contribution in [3.63, 3.8) is 0 Å². The van der Waals surface area contributed by atoms with Crippen molar-refractivity contribution >= 4 is 5.84 Å². The van der Waals surface area contributed by atoms with E-state index in [0.717, 1.165) is 0 Å². The van der Waals surface area contributed by atoms with Crippen LogP contribution >= 0.6 is 0 Å². The van der Waals surface area contributed by atoms with Crippen LogP contribution in [0.2, 0.25) is 0 Å². The first-order chi connectivity index (χ1) is 6.68. The van der Waals surface area contributed by atoms with Gasteiger partial charge < -0.3 is 20.3 Å². The van der Waals surface area contributed by atoms with Crippen molar-refractivity contribution in [3.8, 4) is 11.5 Å². The number of rotatable bonds is 2. The highest BCUT2D eigenvalue weighted by Crippen LogP contribution is 2.34. The molecule has 74 valence electrons. The average molecular weight is 194 g/mol. The molecule has 5 heteroatoms. The van der Waals surface area contributed by atoms with Gasteiger partial charge in [-0.3, -0.25) is 5.41 Å². The maximum atomic E-state index is 9.48. The van der Waals surface area contributed by atoms with E-state index >= 15 is 0 Å². The smallest absolute Gasteiger partial charge is 0.231 e. The number of ether oxygens (including phenoxy) is 2. The molecule has 1 unspecified atom stereocenters. The van der Waals surface area contributed by atoms with Crippen LogP contribution in [0, 0.1) is 5.41 Å². The quantitative estimate of drug-likeness (QED) is 0.469. The van der Waals surface area contributed by atoms with Crippen LogP contribution in [-0.4, -0.2) is 17.7 Å². The second-order valence-corrected chi connectivity index (χ2v) is 2.97. The molecule has 0 radical (unpaired) electrons. The summed E-state index contributed by atoms with van der Waals surface area (Å²) in [6.07, 6.45) is -1.08. The number of nitrogens with one attached hydrogen (secondary N) is 1. The molecule has 0 saturated carbocycles. The summed E-state index contributed by atoms with van der Waals surface area (Å²) in [4.78, 5) is 0. The topological polar surface area (TPSA) is 88.6 Å². The Morgan fingerprint density at radius 3 is 2.86 bits per heavy atom. The summed E-state index contributed by atoms with van der Waals surface area (Å²) in [6, 6.07) is 4.96. The van der Waals surface area contributed by atoms with Gasteiger partial charge in [0.05, 0.1) is 0 Å². The Balaban J connectivity index is 2.33. The van der Waals surface area contributed by atoms with Gasteiger partial charge >= 0.3 is 0 Å². The molecule has 1 aromatic rings. The minimum atomic E-state index is -1.08. The van der Waals surface area contributed by atoms with E-state index in [2.05, 4.69) is 0 Å². The molecule has 0 spiro atoms. The van der Waals surface area contributed by atoms with Gasteiger partial charge in [-0.2, -0.15) is 0 Å². The minimum Gasteiger partial charge on any atom is -0.454 e. The molecule has 1 heterocycles. The van der Waals surface area contributed by atoms with Gasteiger partial charge in [-0.15, -0.1) is 0 Å². The third-order valence-corrected chi connectivity index (χ3v) is 2.01. The number of nitrogens with two attached hydrogens (primary N) is 1. The van der Waals surface area contributed by atoms with Gasteiger partial charge in [0, 0.05) is 0 Å². The van der Waals surface area contributed by atoms with Crippen molar-refractivity contribution < 1.29 is 14.6 Å². The van der Waals surface area contributed by atoms with Gasteiger partial charge in [0.15, 0.2) is 11.5 Å². The minimum absolute atomic E-state index is 0.189. The Bertz CT molecular complexity index is 378. The average Bonchev–Trinajstić information content (AvgIpc) is 2.62. The summed E-state index contributed by atoms with van der Waals surface area (Å²) in [7, 11) is 0. The van der Waals surface area contributed by atoms with E-state index in [1.807, 2.05) is 0 Å². The van der Waals surface area contributed by atoms with E-state index in [4.69, 9.17) is 20.6 Å². The molecule has 1 aromatic carbocycles. The van der Waals surface area contributed by atoms with Crippen molar-refractivity contribution in [1.29, 1.82) is 5.41 Å². The molecule has 4 N–H and O–H groups in total. The number of aliphatic hydroxyl groups excluding tert-OH is 1. The van der Waals surface area contributed by atoms with Crippen molar-refractivity contribution in [2.75, 3.05) is 6.79 Å². The SMILES string of the molecule is N=C(N)C(O)c1ccc2c(c1)OCO2. The summed E-state index contributed by atoms with van der Waals surface area (Å²) >= 11 is 0. The Morgan fingerprint density at radius 2 is 2.14 bits per heavy atom. The van der Waals surface area contributed by atoms with Crippen molar-refractivity contribution in [1.82, 2.24) is 0 Å². The van der Waals surface area contributed by atoms with Crippen molar-refractivity contribution in [3.05, 3.63) is 23.8 Å². The molecule has 1 aliphatic rings. The number of hydrogen-bond acceptors (Lipinski definition) is 4. The van der Waals surface area contributed by atoms with Gasteiger partial charge in [-0.05, 0) is 17.7 Å². The van der Waals surface area contributed by atoms with E-state index in [1.165, 1.54) is 0 Å². The van der Waals surface area contributed by atoms with Gasteiger partial charge in [0.1, 0.15) is 11.9 Å². The zero-order valence-corrected chi connectivity index (χ0v) is 7.36. The molecule has 0 amide bonds. The van der Waals surface area contributed by atoms with Gasteiger partial charge in [-0.1, -0.05) is 6.07 Å². The Hall–Kier alpha value is -1.75. The van der Waals surface area contributed by atoms with Crippen LogP contribution in [-0.2, 0) is 0 Å². The first-order valence-electron chi connectivity index (χ1n) is 4.10. The first kappa shape index (κ1) is 8.83. The molecule has 0 fully saturated rings. The number of benzene rings is 1. The van der Waals surface area contributed by atoms with Crippen LogP contribution in [0.15, 0.2) is 18.2 Å². The third-order valence-electron chi connectivity index (χ3n) is 2.01. The lowest BCUT2D eigenvalue weighted by molar-refractivity contribution is 0.173. The highest BCUT2D eigenvalue weighted by molar-refractivity contribution is 5.83. The molecular weight excluding hydrogens is 184 g/mol. The van der Waals surface area contributed by atoms with E-state index < -0.39 is 6.10 Å². The normalized spacial score (nSPS) is 15.2.